The Morgan fingerprint density at radius 3 is 0.781 bits per heavy atom. The maximum absolute atomic E-state index is 10.0. The van der Waals surface area contributed by atoms with Gasteiger partial charge >= 0.3 is 0 Å². The molecular weight excluding hydrogens is 394 g/mol. The number of hydroxylamine groups is 2. The smallest absolute Gasteiger partial charge is 0.0238 e. The average Bonchev–Trinajstić information content (AvgIpc) is 2.81. The van der Waals surface area contributed by atoms with Gasteiger partial charge in [-0.3, -0.25) is 11.7 Å². The Balaban J connectivity index is 0. The predicted molar refractivity (Wildman–Crippen MR) is 144 cm³/mol. The molecule has 4 heteroatoms. The van der Waals surface area contributed by atoms with E-state index in [9.17, 15) is 5.21 Å². The Labute approximate surface area is 203 Å². The maximum atomic E-state index is 10.0. The first-order valence-corrected chi connectivity index (χ1v) is 14.6. The molecule has 0 aliphatic carbocycles. The van der Waals surface area contributed by atoms with Crippen LogP contribution in [0.4, 0.5) is 0 Å². The summed E-state index contributed by atoms with van der Waals surface area (Å²) >= 11 is 0. The Morgan fingerprint density at radius 1 is 0.375 bits per heavy atom. The van der Waals surface area contributed by atoms with E-state index in [4.69, 9.17) is 0 Å². The van der Waals surface area contributed by atoms with Crippen LogP contribution in [0.1, 0.15) is 168 Å². The van der Waals surface area contributed by atoms with Gasteiger partial charge in [0, 0.05) is 13.1 Å². The molecule has 0 unspecified atom stereocenters. The van der Waals surface area contributed by atoms with E-state index in [2.05, 4.69) is 25.5 Å². The third-order valence-electron chi connectivity index (χ3n) is 6.54. The van der Waals surface area contributed by atoms with E-state index in [1.54, 1.807) is 5.06 Å². The van der Waals surface area contributed by atoms with E-state index < -0.39 is 0 Å². The van der Waals surface area contributed by atoms with Crippen molar-refractivity contribution in [2.75, 3.05) is 13.1 Å². The second-order valence-electron chi connectivity index (χ2n) is 9.73. The van der Waals surface area contributed by atoms with E-state index in [1.807, 2.05) is 0 Å². The first kappa shape index (κ1) is 34.0. The van der Waals surface area contributed by atoms with Crippen molar-refractivity contribution in [3.8, 4) is 0 Å². The van der Waals surface area contributed by atoms with Gasteiger partial charge in [0.05, 0.1) is 0 Å². The predicted octanol–water partition coefficient (Wildman–Crippen LogP) is 8.90. The number of nitrogens with zero attached hydrogens (tertiary/aromatic N) is 1. The van der Waals surface area contributed by atoms with Crippen LogP contribution in [-0.4, -0.2) is 23.4 Å². The molecule has 32 heavy (non-hydrogen) atoms. The summed E-state index contributed by atoms with van der Waals surface area (Å²) in [6, 6.07) is 0. The number of nitrogens with two attached hydrogens (primary N) is 2. The van der Waals surface area contributed by atoms with Gasteiger partial charge in [0.15, 0.2) is 0 Å². The zero-order valence-electron chi connectivity index (χ0n) is 22.4. The molecule has 0 aliphatic rings. The molecule has 196 valence electrons. The lowest BCUT2D eigenvalue weighted by Crippen LogP contribution is -2.21. The largest absolute Gasteiger partial charge is 0.314 e. The van der Waals surface area contributed by atoms with Gasteiger partial charge in [-0.25, -0.2) is 0 Å². The van der Waals surface area contributed by atoms with Crippen molar-refractivity contribution in [3.05, 3.63) is 0 Å². The minimum absolute atomic E-state index is 0.870. The molecule has 0 aromatic rings. The van der Waals surface area contributed by atoms with Gasteiger partial charge in [0.25, 0.3) is 0 Å². The summed E-state index contributed by atoms with van der Waals surface area (Å²) < 4.78 is 0. The highest BCUT2D eigenvalue weighted by Gasteiger charge is 2.01. The van der Waals surface area contributed by atoms with E-state index in [1.165, 1.54) is 141 Å². The molecule has 0 aliphatic heterocycles. The van der Waals surface area contributed by atoms with Crippen molar-refractivity contribution >= 4 is 0 Å². The van der Waals surface area contributed by atoms with E-state index in [0.29, 0.717) is 0 Å². The van der Waals surface area contributed by atoms with Gasteiger partial charge in [-0.05, 0) is 12.8 Å². The lowest BCUT2D eigenvalue weighted by Gasteiger charge is -2.14. The topological polar surface area (TPSA) is 75.5 Å². The lowest BCUT2D eigenvalue weighted by atomic mass is 10.1. The van der Waals surface area contributed by atoms with E-state index >= 15 is 0 Å². The molecule has 4 nitrogen and oxygen atoms in total. The van der Waals surface area contributed by atoms with Crippen LogP contribution in [-0.2, 0) is 0 Å². The summed E-state index contributed by atoms with van der Waals surface area (Å²) in [5.74, 6) is 8.00. The van der Waals surface area contributed by atoms with Crippen LogP contribution in [0.3, 0.4) is 0 Å². The van der Waals surface area contributed by atoms with Crippen LogP contribution < -0.4 is 11.7 Å². The third kappa shape index (κ3) is 32.0. The fraction of sp³-hybridized carbons (Fsp3) is 1.00. The summed E-state index contributed by atoms with van der Waals surface area (Å²) in [7, 11) is 0. The molecule has 0 spiro atoms. The third-order valence-corrected chi connectivity index (χ3v) is 6.54. The second kappa shape index (κ2) is 33.0. The SMILES string of the molecule is CCCCCCCCCCCCCCN(O)CCCCCCCCCCCCCC.NN. The molecule has 0 saturated heterocycles. The lowest BCUT2D eigenvalue weighted by molar-refractivity contribution is -0.0925. The number of rotatable bonds is 26. The van der Waals surface area contributed by atoms with Gasteiger partial charge in [-0.1, -0.05) is 155 Å². The average molecular weight is 458 g/mol. The summed E-state index contributed by atoms with van der Waals surface area (Å²) in [6.07, 6.45) is 33.1. The zero-order chi connectivity index (χ0) is 24.0. The van der Waals surface area contributed by atoms with Crippen LogP contribution in [0.5, 0.6) is 0 Å². The molecule has 0 saturated carbocycles. The normalized spacial score (nSPS) is 11.1. The van der Waals surface area contributed by atoms with E-state index in [0.717, 1.165) is 25.9 Å². The van der Waals surface area contributed by atoms with Gasteiger partial charge in [-0.2, -0.15) is 5.06 Å². The highest BCUT2D eigenvalue weighted by molar-refractivity contribution is 4.53. The van der Waals surface area contributed by atoms with Crippen LogP contribution in [0.25, 0.3) is 0 Å². The molecule has 0 atom stereocenters. The Hall–Kier alpha value is -0.160. The maximum Gasteiger partial charge on any atom is 0.0238 e. The Kier molecular flexibility index (Phi) is 35.1. The van der Waals surface area contributed by atoms with Crippen molar-refractivity contribution in [3.63, 3.8) is 0 Å². The van der Waals surface area contributed by atoms with Crippen LogP contribution in [0, 0.1) is 0 Å². The minimum atomic E-state index is 0.870. The van der Waals surface area contributed by atoms with Crippen LogP contribution in [0.2, 0.25) is 0 Å². The molecule has 0 bridgehead atoms. The first-order valence-electron chi connectivity index (χ1n) is 14.6. The molecule has 0 rings (SSSR count). The number of hydrogen-bond acceptors (Lipinski definition) is 4. The van der Waals surface area contributed by atoms with Crippen molar-refractivity contribution in [2.24, 2.45) is 11.7 Å². The van der Waals surface area contributed by atoms with Gasteiger partial charge in [-0.15, -0.1) is 0 Å². The van der Waals surface area contributed by atoms with Gasteiger partial charge in [0.1, 0.15) is 0 Å². The van der Waals surface area contributed by atoms with Crippen molar-refractivity contribution in [2.45, 2.75) is 168 Å². The molecule has 0 aromatic heterocycles. The van der Waals surface area contributed by atoms with Gasteiger partial charge < -0.3 is 5.21 Å². The first-order chi connectivity index (χ1) is 15.8. The Bertz CT molecular complexity index is 274. The number of unbranched alkanes of at least 4 members (excludes halogenated alkanes) is 22. The quantitative estimate of drug-likeness (QED) is 0.0688. The van der Waals surface area contributed by atoms with Crippen molar-refractivity contribution in [1.29, 1.82) is 0 Å². The van der Waals surface area contributed by atoms with E-state index in [-0.39, 0.29) is 0 Å². The second-order valence-corrected chi connectivity index (χ2v) is 9.73. The number of hydrazine groups is 1. The molecular formula is C28H63N3O. The van der Waals surface area contributed by atoms with Crippen molar-refractivity contribution < 1.29 is 5.21 Å². The summed E-state index contributed by atoms with van der Waals surface area (Å²) in [6.45, 7) is 6.32. The van der Waals surface area contributed by atoms with Crippen molar-refractivity contribution in [1.82, 2.24) is 5.06 Å². The Morgan fingerprint density at radius 2 is 0.562 bits per heavy atom. The molecule has 0 aromatic carbocycles. The molecule has 0 fully saturated rings. The van der Waals surface area contributed by atoms with Gasteiger partial charge in [0.2, 0.25) is 0 Å². The highest BCUT2D eigenvalue weighted by atomic mass is 16.5. The minimum Gasteiger partial charge on any atom is -0.314 e. The fourth-order valence-corrected chi connectivity index (χ4v) is 4.38. The highest BCUT2D eigenvalue weighted by Crippen LogP contribution is 2.13. The fourth-order valence-electron chi connectivity index (χ4n) is 4.38. The summed E-state index contributed by atoms with van der Waals surface area (Å²) in [5.41, 5.74) is 0. The van der Waals surface area contributed by atoms with Crippen LogP contribution in [0.15, 0.2) is 0 Å². The zero-order valence-corrected chi connectivity index (χ0v) is 22.4. The molecule has 0 amide bonds. The standard InChI is InChI=1S/C28H59NO.H4N2/c1-3-5-7-9-11-13-15-17-19-21-23-25-27-29(30)28-26-24-22-20-18-16-14-12-10-8-6-4-2;1-2/h30H,3-28H2,1-2H3;1-2H2. The summed E-state index contributed by atoms with van der Waals surface area (Å²) in [5, 5.41) is 11.6. The summed E-state index contributed by atoms with van der Waals surface area (Å²) in [4.78, 5) is 0. The molecule has 5 N–H and O–H groups in total. The monoisotopic (exact) mass is 457 g/mol. The van der Waals surface area contributed by atoms with Crippen LogP contribution >= 0.6 is 0 Å². The number of hydrogen-bond donors (Lipinski definition) is 3. The molecule has 0 heterocycles. The molecule has 0 radical (unpaired) electrons.